The van der Waals surface area contributed by atoms with E-state index >= 15 is 0 Å². The predicted molar refractivity (Wildman–Crippen MR) is 70.6 cm³/mol. The Morgan fingerprint density at radius 1 is 1.43 bits per heavy atom. The van der Waals surface area contributed by atoms with Gasteiger partial charge in [0.25, 0.3) is 0 Å². The number of amides is 1. The molecule has 0 saturated carbocycles. The van der Waals surface area contributed by atoms with Crippen LogP contribution in [0, 0.1) is 0 Å². The van der Waals surface area contributed by atoms with Crippen LogP contribution in [0.4, 0.5) is 0 Å². The predicted octanol–water partition coefficient (Wildman–Crippen LogP) is 0.267. The van der Waals surface area contributed by atoms with Crippen molar-refractivity contribution >= 4 is 11.9 Å². The summed E-state index contributed by atoms with van der Waals surface area (Å²) in [7, 11) is 0. The van der Waals surface area contributed by atoms with Crippen LogP contribution in [-0.2, 0) is 27.2 Å². The minimum absolute atomic E-state index is 0.0300. The third-order valence-corrected chi connectivity index (χ3v) is 3.27. The summed E-state index contributed by atoms with van der Waals surface area (Å²) in [6.45, 7) is 2.70. The maximum Gasteiger partial charge on any atom is 0.328 e. The van der Waals surface area contributed by atoms with E-state index in [1.807, 2.05) is 6.92 Å². The van der Waals surface area contributed by atoms with E-state index in [4.69, 9.17) is 14.4 Å². The fraction of sp³-hybridized carbons (Fsp3) is 0.692. The number of aryl methyl sites for hydroxylation is 2. The van der Waals surface area contributed by atoms with E-state index in [9.17, 15) is 9.59 Å². The number of hydrogen-bond donors (Lipinski definition) is 1. The summed E-state index contributed by atoms with van der Waals surface area (Å²) in [5.41, 5.74) is 0. The molecule has 1 N–H and O–H groups in total. The highest BCUT2D eigenvalue weighted by atomic mass is 16.5. The first kappa shape index (κ1) is 15.4. The average molecular weight is 297 g/mol. The second-order valence-electron chi connectivity index (χ2n) is 4.87. The number of hydrogen-bond acceptors (Lipinski definition) is 6. The number of carboxylic acid groups (broad SMARTS) is 1. The van der Waals surface area contributed by atoms with Crippen molar-refractivity contribution < 1.29 is 24.0 Å². The lowest BCUT2D eigenvalue weighted by Gasteiger charge is -2.32. The van der Waals surface area contributed by atoms with Gasteiger partial charge in [0.15, 0.2) is 11.9 Å². The van der Waals surface area contributed by atoms with Crippen molar-refractivity contribution in [2.45, 2.75) is 38.6 Å². The summed E-state index contributed by atoms with van der Waals surface area (Å²) in [5, 5.41) is 12.9. The Bertz CT molecular complexity index is 502. The van der Waals surface area contributed by atoms with Gasteiger partial charge in [-0.15, -0.1) is 0 Å². The van der Waals surface area contributed by atoms with Gasteiger partial charge in [-0.3, -0.25) is 4.79 Å². The molecule has 1 aliphatic rings. The maximum atomic E-state index is 12.1. The fourth-order valence-corrected chi connectivity index (χ4v) is 2.18. The van der Waals surface area contributed by atoms with Gasteiger partial charge in [0.1, 0.15) is 0 Å². The van der Waals surface area contributed by atoms with Crippen LogP contribution in [0.3, 0.4) is 0 Å². The number of morpholine rings is 1. The molecule has 2 rings (SSSR count). The number of carbonyl (C=O) groups is 2. The van der Waals surface area contributed by atoms with Gasteiger partial charge < -0.3 is 19.3 Å². The van der Waals surface area contributed by atoms with Crippen LogP contribution in [0.5, 0.6) is 0 Å². The van der Waals surface area contributed by atoms with Crippen LogP contribution in [0.25, 0.3) is 0 Å². The van der Waals surface area contributed by atoms with Crippen LogP contribution in [-0.4, -0.2) is 57.8 Å². The Labute approximate surface area is 122 Å². The molecule has 116 valence electrons. The molecule has 1 aromatic rings. The molecule has 0 bridgehead atoms. The molecule has 1 unspecified atom stereocenters. The molecule has 1 fully saturated rings. The van der Waals surface area contributed by atoms with Crippen LogP contribution in [0.1, 0.15) is 31.5 Å². The molecular formula is C13H19N3O5. The van der Waals surface area contributed by atoms with Crippen molar-refractivity contribution in [3.05, 3.63) is 11.7 Å². The van der Waals surface area contributed by atoms with Gasteiger partial charge in [-0.2, -0.15) is 4.98 Å². The summed E-state index contributed by atoms with van der Waals surface area (Å²) >= 11 is 0. The van der Waals surface area contributed by atoms with E-state index in [0.29, 0.717) is 31.3 Å². The summed E-state index contributed by atoms with van der Waals surface area (Å²) in [4.78, 5) is 28.8. The molecule has 1 saturated heterocycles. The van der Waals surface area contributed by atoms with Crippen molar-refractivity contribution in [1.82, 2.24) is 15.0 Å². The number of ether oxygens (including phenoxy) is 1. The quantitative estimate of drug-likeness (QED) is 0.803. The monoisotopic (exact) mass is 297 g/mol. The van der Waals surface area contributed by atoms with E-state index in [0.717, 1.165) is 12.8 Å². The Morgan fingerprint density at radius 3 is 2.95 bits per heavy atom. The molecule has 2 heterocycles. The summed E-state index contributed by atoms with van der Waals surface area (Å²) < 4.78 is 10.2. The smallest absolute Gasteiger partial charge is 0.328 e. The van der Waals surface area contributed by atoms with E-state index in [2.05, 4.69) is 10.1 Å². The number of aromatic nitrogens is 2. The highest BCUT2D eigenvalue weighted by molar-refractivity contribution is 5.84. The molecule has 0 radical (unpaired) electrons. The second kappa shape index (κ2) is 7.16. The number of carboxylic acids is 1. The summed E-state index contributed by atoms with van der Waals surface area (Å²) in [6, 6.07) is -0.912. The highest BCUT2D eigenvalue weighted by Gasteiger charge is 2.32. The van der Waals surface area contributed by atoms with Crippen LogP contribution in [0.15, 0.2) is 4.52 Å². The fourth-order valence-electron chi connectivity index (χ4n) is 2.18. The van der Waals surface area contributed by atoms with Gasteiger partial charge in [-0.1, -0.05) is 12.1 Å². The van der Waals surface area contributed by atoms with E-state index in [1.165, 1.54) is 4.90 Å². The highest BCUT2D eigenvalue weighted by Crippen LogP contribution is 2.11. The van der Waals surface area contributed by atoms with Gasteiger partial charge in [-0.25, -0.2) is 4.79 Å². The molecular weight excluding hydrogens is 278 g/mol. The van der Waals surface area contributed by atoms with Gasteiger partial charge in [0.05, 0.1) is 13.2 Å². The van der Waals surface area contributed by atoms with E-state index in [1.54, 1.807) is 0 Å². The van der Waals surface area contributed by atoms with Crippen molar-refractivity contribution in [2.24, 2.45) is 0 Å². The van der Waals surface area contributed by atoms with Crippen LogP contribution >= 0.6 is 0 Å². The normalized spacial score (nSPS) is 18.7. The second-order valence-corrected chi connectivity index (χ2v) is 4.87. The zero-order valence-electron chi connectivity index (χ0n) is 11.9. The molecule has 8 nitrogen and oxygen atoms in total. The minimum atomic E-state index is -1.05. The standard InChI is InChI=1S/C13H19N3O5/c1-2-3-10-14-11(21-15-10)4-5-12(17)16-6-7-20-8-9(16)13(18)19/h9H,2-8H2,1H3,(H,18,19). The number of rotatable bonds is 6. The van der Waals surface area contributed by atoms with Crippen molar-refractivity contribution in [1.29, 1.82) is 0 Å². The first-order valence-electron chi connectivity index (χ1n) is 7.03. The maximum absolute atomic E-state index is 12.1. The lowest BCUT2D eigenvalue weighted by atomic mass is 10.2. The Kier molecular flexibility index (Phi) is 5.26. The molecule has 0 aromatic carbocycles. The molecule has 21 heavy (non-hydrogen) atoms. The molecule has 1 aliphatic heterocycles. The molecule has 0 aliphatic carbocycles. The largest absolute Gasteiger partial charge is 0.480 e. The molecule has 1 aromatic heterocycles. The zero-order chi connectivity index (χ0) is 15.2. The van der Waals surface area contributed by atoms with E-state index in [-0.39, 0.29) is 18.9 Å². The van der Waals surface area contributed by atoms with Crippen LogP contribution in [0.2, 0.25) is 0 Å². The Balaban J connectivity index is 1.89. The van der Waals surface area contributed by atoms with Gasteiger partial charge in [-0.05, 0) is 6.42 Å². The summed E-state index contributed by atoms with van der Waals surface area (Å²) in [6.07, 6.45) is 2.13. The van der Waals surface area contributed by atoms with Gasteiger partial charge >= 0.3 is 5.97 Å². The number of nitrogens with zero attached hydrogens (tertiary/aromatic N) is 3. The lowest BCUT2D eigenvalue weighted by molar-refractivity contribution is -0.158. The Hall–Kier alpha value is -1.96. The van der Waals surface area contributed by atoms with Crippen molar-refractivity contribution in [2.75, 3.05) is 19.8 Å². The average Bonchev–Trinajstić information content (AvgIpc) is 2.93. The number of carbonyl (C=O) groups excluding carboxylic acids is 1. The Morgan fingerprint density at radius 2 is 2.24 bits per heavy atom. The number of aliphatic carboxylic acids is 1. The van der Waals surface area contributed by atoms with Crippen molar-refractivity contribution in [3.8, 4) is 0 Å². The third-order valence-electron chi connectivity index (χ3n) is 3.27. The van der Waals surface area contributed by atoms with Gasteiger partial charge in [0, 0.05) is 25.8 Å². The molecule has 8 heteroatoms. The first-order valence-corrected chi connectivity index (χ1v) is 7.03. The first-order chi connectivity index (χ1) is 10.1. The van der Waals surface area contributed by atoms with Crippen LogP contribution < -0.4 is 0 Å². The van der Waals surface area contributed by atoms with Gasteiger partial charge in [0.2, 0.25) is 11.8 Å². The SMILES string of the molecule is CCCc1noc(CCC(=O)N2CCOCC2C(=O)O)n1. The molecule has 1 atom stereocenters. The summed E-state index contributed by atoms with van der Waals surface area (Å²) in [5.74, 6) is -0.242. The molecule has 0 spiro atoms. The topological polar surface area (TPSA) is 106 Å². The van der Waals surface area contributed by atoms with Crippen molar-refractivity contribution in [3.63, 3.8) is 0 Å². The molecule has 1 amide bonds. The minimum Gasteiger partial charge on any atom is -0.480 e. The van der Waals surface area contributed by atoms with E-state index < -0.39 is 12.0 Å². The zero-order valence-corrected chi connectivity index (χ0v) is 11.9. The third kappa shape index (κ3) is 4.01. The lowest BCUT2D eigenvalue weighted by Crippen LogP contribution is -2.52.